The summed E-state index contributed by atoms with van der Waals surface area (Å²) in [7, 11) is 6.52. The number of carbonyl (C=O) groups excluding carboxylic acids is 1. The molecule has 0 N–H and O–H groups in total. The molecule has 0 spiro atoms. The molecule has 2 rings (SSSR count). The number of nitriles is 1. The first-order valence-electron chi connectivity index (χ1n) is 10.5. The van der Waals surface area contributed by atoms with Crippen molar-refractivity contribution in [1.82, 2.24) is 4.90 Å². The highest BCUT2D eigenvalue weighted by atomic mass is 16.5. The molecule has 6 heteroatoms. The molecule has 0 radical (unpaired) electrons. The highest BCUT2D eigenvalue weighted by Crippen LogP contribution is 2.32. The summed E-state index contributed by atoms with van der Waals surface area (Å²) in [5, 5.41) is 9.97. The quantitative estimate of drug-likeness (QED) is 0.367. The molecule has 2 aromatic carbocycles. The molecule has 0 aromatic heterocycles. The third kappa shape index (κ3) is 6.12. The lowest BCUT2D eigenvalue weighted by Gasteiger charge is -2.26. The molecule has 2 aromatic rings. The minimum atomic E-state index is -1.36. The highest BCUT2D eigenvalue weighted by Gasteiger charge is 2.41. The Morgan fingerprint density at radius 1 is 1.09 bits per heavy atom. The van der Waals surface area contributed by atoms with Crippen molar-refractivity contribution in [2.75, 3.05) is 41.5 Å². The number of nitrogens with zero attached hydrogens (tertiary/aromatic N) is 2. The van der Waals surface area contributed by atoms with E-state index >= 15 is 0 Å². The minimum absolute atomic E-state index is 0.363. The molecular formula is C26H32N2O4. The van der Waals surface area contributed by atoms with Gasteiger partial charge in [0.05, 0.1) is 27.4 Å². The maximum absolute atomic E-state index is 12.6. The largest absolute Gasteiger partial charge is 0.497 e. The number of methoxy groups -OCH3 is 3. The van der Waals surface area contributed by atoms with Gasteiger partial charge in [-0.3, -0.25) is 0 Å². The van der Waals surface area contributed by atoms with E-state index in [-0.39, 0.29) is 0 Å². The Hall–Kier alpha value is -3.30. The molecule has 0 amide bonds. The molecule has 1 atom stereocenters. The lowest BCUT2D eigenvalue weighted by Crippen LogP contribution is -2.36. The van der Waals surface area contributed by atoms with E-state index < -0.39 is 11.4 Å². The monoisotopic (exact) mass is 436 g/mol. The van der Waals surface area contributed by atoms with Crippen molar-refractivity contribution in [2.24, 2.45) is 0 Å². The Kier molecular flexibility index (Phi) is 9.30. The Balaban J connectivity index is 1.97. The van der Waals surface area contributed by atoms with Crippen LogP contribution < -0.4 is 4.74 Å². The van der Waals surface area contributed by atoms with E-state index in [2.05, 4.69) is 29.7 Å². The van der Waals surface area contributed by atoms with E-state index in [0.717, 1.165) is 25.1 Å². The van der Waals surface area contributed by atoms with Crippen LogP contribution in [0.15, 0.2) is 55.1 Å². The van der Waals surface area contributed by atoms with Crippen LogP contribution in [0.1, 0.15) is 29.5 Å². The Morgan fingerprint density at radius 3 is 2.41 bits per heavy atom. The van der Waals surface area contributed by atoms with Gasteiger partial charge in [0.2, 0.25) is 0 Å². The standard InChI is InChI=1S/C26H32N2O4/c1-20(30-3)22-12-10-21(11-13-22)14-17-28(2)16-7-15-26(19-27,25(29)32-5)23-8-6-9-24(18-23)31-4/h6,8-13,18H,1,7,14-17H2,2-5H3. The molecule has 1 unspecified atom stereocenters. The maximum atomic E-state index is 12.6. The van der Waals surface area contributed by atoms with E-state index in [4.69, 9.17) is 14.2 Å². The van der Waals surface area contributed by atoms with Crippen molar-refractivity contribution in [2.45, 2.75) is 24.7 Å². The van der Waals surface area contributed by atoms with Crippen LogP contribution in [0.5, 0.6) is 5.75 Å². The van der Waals surface area contributed by atoms with Gasteiger partial charge in [0.15, 0.2) is 5.41 Å². The van der Waals surface area contributed by atoms with Gasteiger partial charge in [-0.15, -0.1) is 0 Å². The first kappa shape index (κ1) is 25.0. The van der Waals surface area contributed by atoms with Crippen molar-refractivity contribution in [1.29, 1.82) is 5.26 Å². The van der Waals surface area contributed by atoms with E-state index in [1.165, 1.54) is 12.7 Å². The Bertz CT molecular complexity index is 949. The topological polar surface area (TPSA) is 71.8 Å². The number of ether oxygens (including phenoxy) is 3. The SMILES string of the molecule is C=C(OC)c1ccc(CCN(C)CCCC(C#N)(C(=O)OC)c2cccc(OC)c2)cc1. The molecule has 0 aliphatic heterocycles. The van der Waals surface area contributed by atoms with Crippen LogP contribution in [-0.2, 0) is 26.1 Å². The van der Waals surface area contributed by atoms with E-state index in [1.807, 2.05) is 19.2 Å². The van der Waals surface area contributed by atoms with Crippen LogP contribution in [0.2, 0.25) is 0 Å². The van der Waals surface area contributed by atoms with Crippen LogP contribution in [0, 0.1) is 11.3 Å². The maximum Gasteiger partial charge on any atom is 0.330 e. The first-order valence-corrected chi connectivity index (χ1v) is 10.5. The normalized spacial score (nSPS) is 12.5. The van der Waals surface area contributed by atoms with Gasteiger partial charge in [0.25, 0.3) is 0 Å². The molecule has 32 heavy (non-hydrogen) atoms. The van der Waals surface area contributed by atoms with Gasteiger partial charge in [-0.2, -0.15) is 5.26 Å². The number of rotatable bonds is 12. The number of benzene rings is 2. The smallest absolute Gasteiger partial charge is 0.330 e. The third-order valence-corrected chi connectivity index (χ3v) is 5.68. The van der Waals surface area contributed by atoms with Gasteiger partial charge < -0.3 is 19.1 Å². The van der Waals surface area contributed by atoms with Crippen LogP contribution in [0.3, 0.4) is 0 Å². The van der Waals surface area contributed by atoms with Gasteiger partial charge in [-0.25, -0.2) is 4.79 Å². The van der Waals surface area contributed by atoms with E-state index in [9.17, 15) is 10.1 Å². The third-order valence-electron chi connectivity index (χ3n) is 5.68. The van der Waals surface area contributed by atoms with Gasteiger partial charge in [0.1, 0.15) is 11.5 Å². The molecule has 170 valence electrons. The van der Waals surface area contributed by atoms with Gasteiger partial charge in [0, 0.05) is 12.1 Å². The second-order valence-electron chi connectivity index (χ2n) is 7.72. The molecular weight excluding hydrogens is 404 g/mol. The summed E-state index contributed by atoms with van der Waals surface area (Å²) in [4.78, 5) is 14.8. The summed E-state index contributed by atoms with van der Waals surface area (Å²) in [6.07, 6.45) is 1.93. The lowest BCUT2D eigenvalue weighted by atomic mass is 9.77. The number of likely N-dealkylation sites (N-methyl/N-ethyl adjacent to an activating group) is 1. The van der Waals surface area contributed by atoms with Crippen molar-refractivity contribution >= 4 is 11.7 Å². The van der Waals surface area contributed by atoms with Crippen molar-refractivity contribution < 1.29 is 19.0 Å². The summed E-state index contributed by atoms with van der Waals surface area (Å²) in [6, 6.07) is 17.5. The lowest BCUT2D eigenvalue weighted by molar-refractivity contribution is -0.145. The molecule has 0 saturated carbocycles. The molecule has 0 aliphatic rings. The summed E-state index contributed by atoms with van der Waals surface area (Å²) in [5.41, 5.74) is 1.43. The predicted molar refractivity (Wildman–Crippen MR) is 125 cm³/mol. The van der Waals surface area contributed by atoms with Gasteiger partial charge in [-0.1, -0.05) is 43.0 Å². The molecule has 0 aliphatic carbocycles. The van der Waals surface area contributed by atoms with Gasteiger partial charge in [-0.05, 0) is 56.1 Å². The Labute approximate surface area is 191 Å². The average Bonchev–Trinajstić information content (AvgIpc) is 2.84. The van der Waals surface area contributed by atoms with Crippen molar-refractivity contribution in [3.05, 3.63) is 71.8 Å². The van der Waals surface area contributed by atoms with Crippen LogP contribution in [0.4, 0.5) is 0 Å². The fourth-order valence-corrected chi connectivity index (χ4v) is 3.61. The molecule has 0 heterocycles. The number of carbonyl (C=O) groups is 1. The number of hydrogen-bond donors (Lipinski definition) is 0. The molecule has 0 fully saturated rings. The predicted octanol–water partition coefficient (Wildman–Crippen LogP) is 4.20. The molecule has 0 saturated heterocycles. The fraction of sp³-hybridized carbons (Fsp3) is 0.385. The summed E-state index contributed by atoms with van der Waals surface area (Å²) < 4.78 is 15.4. The van der Waals surface area contributed by atoms with Crippen LogP contribution in [-0.4, -0.2) is 52.3 Å². The van der Waals surface area contributed by atoms with Crippen molar-refractivity contribution in [3.63, 3.8) is 0 Å². The van der Waals surface area contributed by atoms with Crippen LogP contribution in [0.25, 0.3) is 5.76 Å². The Morgan fingerprint density at radius 2 is 1.81 bits per heavy atom. The fourth-order valence-electron chi connectivity index (χ4n) is 3.61. The van der Waals surface area contributed by atoms with E-state index in [1.54, 1.807) is 38.5 Å². The highest BCUT2D eigenvalue weighted by molar-refractivity contribution is 5.86. The van der Waals surface area contributed by atoms with Crippen molar-refractivity contribution in [3.8, 4) is 11.8 Å². The second-order valence-corrected chi connectivity index (χ2v) is 7.72. The first-order chi connectivity index (χ1) is 15.4. The zero-order valence-electron chi connectivity index (χ0n) is 19.4. The number of esters is 1. The van der Waals surface area contributed by atoms with E-state index in [0.29, 0.717) is 29.9 Å². The average molecular weight is 437 g/mol. The molecule has 6 nitrogen and oxygen atoms in total. The zero-order chi connectivity index (χ0) is 23.6. The second kappa shape index (κ2) is 11.9. The summed E-state index contributed by atoms with van der Waals surface area (Å²) in [6.45, 7) is 5.48. The zero-order valence-corrected chi connectivity index (χ0v) is 19.4. The molecule has 0 bridgehead atoms. The number of hydrogen-bond acceptors (Lipinski definition) is 6. The van der Waals surface area contributed by atoms with Crippen LogP contribution >= 0.6 is 0 Å². The summed E-state index contributed by atoms with van der Waals surface area (Å²) in [5.74, 6) is 0.702. The van der Waals surface area contributed by atoms with Gasteiger partial charge >= 0.3 is 5.97 Å². The summed E-state index contributed by atoms with van der Waals surface area (Å²) >= 11 is 0. The minimum Gasteiger partial charge on any atom is -0.497 e.